The van der Waals surface area contributed by atoms with E-state index < -0.39 is 5.69 Å². The first-order chi connectivity index (χ1) is 13.0. The quantitative estimate of drug-likeness (QED) is 0.866. The normalized spacial score (nSPS) is 23.5. The number of nitrogens with zero attached hydrogens (tertiary/aromatic N) is 2. The predicted molar refractivity (Wildman–Crippen MR) is 106 cm³/mol. The van der Waals surface area contributed by atoms with Crippen molar-refractivity contribution in [2.45, 2.75) is 31.7 Å². The van der Waals surface area contributed by atoms with Crippen LogP contribution in [0, 0.1) is 5.41 Å². The molecular formula is C21H28N4O2. The summed E-state index contributed by atoms with van der Waals surface area (Å²) < 4.78 is 0. The topological polar surface area (TPSA) is 72.2 Å². The molecule has 0 amide bonds. The third-order valence-electron chi connectivity index (χ3n) is 6.21. The zero-order valence-electron chi connectivity index (χ0n) is 15.9. The highest BCUT2D eigenvalue weighted by Gasteiger charge is 2.41. The number of benzene rings is 1. The molecule has 144 valence electrons. The summed E-state index contributed by atoms with van der Waals surface area (Å²) in [6.07, 6.45) is 3.57. The molecule has 0 bridgehead atoms. The van der Waals surface area contributed by atoms with Gasteiger partial charge in [-0.3, -0.25) is 14.7 Å². The summed E-state index contributed by atoms with van der Waals surface area (Å²) in [6.45, 7) is 4.93. The maximum atomic E-state index is 11.5. The fraction of sp³-hybridized carbons (Fsp3) is 0.524. The zero-order chi connectivity index (χ0) is 18.9. The molecular weight excluding hydrogens is 340 g/mol. The van der Waals surface area contributed by atoms with Gasteiger partial charge in [-0.1, -0.05) is 30.3 Å². The van der Waals surface area contributed by atoms with Gasteiger partial charge in [0.1, 0.15) is 0 Å². The number of rotatable bonds is 3. The Morgan fingerprint density at radius 2 is 1.85 bits per heavy atom. The lowest BCUT2D eigenvalue weighted by Gasteiger charge is -2.49. The lowest BCUT2D eigenvalue weighted by Crippen LogP contribution is -2.50. The van der Waals surface area contributed by atoms with Crippen LogP contribution in [-0.2, 0) is 6.54 Å². The number of H-pyrrole nitrogens is 2. The Morgan fingerprint density at radius 1 is 1.11 bits per heavy atom. The van der Waals surface area contributed by atoms with E-state index in [1.165, 1.54) is 18.1 Å². The second-order valence-corrected chi connectivity index (χ2v) is 8.40. The Labute approximate surface area is 159 Å². The number of aromatic amines is 2. The van der Waals surface area contributed by atoms with Crippen LogP contribution in [0.1, 0.15) is 36.4 Å². The molecule has 0 aliphatic carbocycles. The van der Waals surface area contributed by atoms with Crippen LogP contribution in [0.2, 0.25) is 0 Å². The van der Waals surface area contributed by atoms with Gasteiger partial charge < -0.3 is 9.88 Å². The van der Waals surface area contributed by atoms with Crippen LogP contribution in [0.3, 0.4) is 0 Å². The molecule has 2 aliphatic heterocycles. The Kier molecular flexibility index (Phi) is 5.02. The number of likely N-dealkylation sites (tertiary alicyclic amines) is 2. The van der Waals surface area contributed by atoms with Crippen molar-refractivity contribution in [1.82, 2.24) is 19.8 Å². The van der Waals surface area contributed by atoms with E-state index in [1.807, 2.05) is 0 Å². The summed E-state index contributed by atoms with van der Waals surface area (Å²) >= 11 is 0. The molecule has 1 aromatic carbocycles. The zero-order valence-corrected chi connectivity index (χ0v) is 15.9. The minimum absolute atomic E-state index is 0.332. The van der Waals surface area contributed by atoms with Gasteiger partial charge in [0.05, 0.1) is 0 Å². The number of aromatic nitrogens is 2. The van der Waals surface area contributed by atoms with Crippen molar-refractivity contribution in [1.29, 1.82) is 0 Å². The Balaban J connectivity index is 1.42. The maximum absolute atomic E-state index is 11.5. The van der Waals surface area contributed by atoms with Gasteiger partial charge in [0.2, 0.25) is 0 Å². The highest BCUT2D eigenvalue weighted by atomic mass is 16.2. The average molecular weight is 368 g/mol. The highest BCUT2D eigenvalue weighted by Crippen LogP contribution is 2.44. The number of hydrogen-bond donors (Lipinski definition) is 2. The molecule has 27 heavy (non-hydrogen) atoms. The minimum atomic E-state index is -0.425. The molecule has 6 heteroatoms. The van der Waals surface area contributed by atoms with Crippen LogP contribution in [0.15, 0.2) is 46.0 Å². The predicted octanol–water partition coefficient (Wildman–Crippen LogP) is 1.76. The van der Waals surface area contributed by atoms with Gasteiger partial charge in [-0.25, -0.2) is 4.79 Å². The highest BCUT2D eigenvalue weighted by molar-refractivity contribution is 5.21. The summed E-state index contributed by atoms with van der Waals surface area (Å²) in [5, 5.41) is 0. The molecule has 1 spiro atoms. The van der Waals surface area contributed by atoms with Crippen molar-refractivity contribution in [3.8, 4) is 0 Å². The van der Waals surface area contributed by atoms with Gasteiger partial charge in [0.15, 0.2) is 0 Å². The summed E-state index contributed by atoms with van der Waals surface area (Å²) in [4.78, 5) is 32.8. The van der Waals surface area contributed by atoms with Crippen molar-refractivity contribution in [2.75, 3.05) is 33.2 Å². The third-order valence-corrected chi connectivity index (χ3v) is 6.21. The number of piperidine rings is 2. The van der Waals surface area contributed by atoms with Crippen molar-refractivity contribution in [3.05, 3.63) is 68.5 Å². The monoisotopic (exact) mass is 368 g/mol. The minimum Gasteiger partial charge on any atom is -0.310 e. The molecule has 2 aromatic rings. The third kappa shape index (κ3) is 4.22. The molecule has 3 heterocycles. The van der Waals surface area contributed by atoms with E-state index >= 15 is 0 Å². The second kappa shape index (κ2) is 7.44. The fourth-order valence-corrected chi connectivity index (χ4v) is 5.01. The van der Waals surface area contributed by atoms with Crippen LogP contribution in [-0.4, -0.2) is 53.0 Å². The van der Waals surface area contributed by atoms with Gasteiger partial charge in [-0.2, -0.15) is 0 Å². The van der Waals surface area contributed by atoms with Gasteiger partial charge >= 0.3 is 5.69 Å². The Bertz CT molecular complexity index is 853. The SMILES string of the molecule is CN1CC(c2ccccc2)CC2(CCN(Cc3cc(=O)[nH]c(=O)[nH]3)CC2)C1. The van der Waals surface area contributed by atoms with Gasteiger partial charge in [0.25, 0.3) is 5.56 Å². The van der Waals surface area contributed by atoms with E-state index in [9.17, 15) is 9.59 Å². The first-order valence-electron chi connectivity index (χ1n) is 9.80. The number of hydrogen-bond acceptors (Lipinski definition) is 4. The lowest BCUT2D eigenvalue weighted by molar-refractivity contribution is 0.0215. The largest absolute Gasteiger partial charge is 0.325 e. The number of nitrogens with one attached hydrogen (secondary N) is 2. The van der Waals surface area contributed by atoms with E-state index in [0.717, 1.165) is 39.0 Å². The molecule has 2 saturated heterocycles. The van der Waals surface area contributed by atoms with E-state index in [2.05, 4.69) is 57.1 Å². The van der Waals surface area contributed by atoms with Crippen molar-refractivity contribution < 1.29 is 0 Å². The van der Waals surface area contributed by atoms with Crippen LogP contribution in [0.5, 0.6) is 0 Å². The first-order valence-corrected chi connectivity index (χ1v) is 9.80. The van der Waals surface area contributed by atoms with E-state index in [0.29, 0.717) is 23.6 Å². The van der Waals surface area contributed by atoms with E-state index in [4.69, 9.17) is 0 Å². The van der Waals surface area contributed by atoms with Crippen LogP contribution >= 0.6 is 0 Å². The summed E-state index contributed by atoms with van der Waals surface area (Å²) in [6, 6.07) is 12.4. The molecule has 1 atom stereocenters. The number of likely N-dealkylation sites (N-methyl/N-ethyl adjacent to an activating group) is 1. The molecule has 2 aliphatic rings. The van der Waals surface area contributed by atoms with Gasteiger partial charge in [0, 0.05) is 31.4 Å². The van der Waals surface area contributed by atoms with Crippen LogP contribution < -0.4 is 11.2 Å². The summed E-state index contributed by atoms with van der Waals surface area (Å²) in [5.41, 5.74) is 1.76. The van der Waals surface area contributed by atoms with Crippen molar-refractivity contribution in [2.24, 2.45) is 5.41 Å². The molecule has 1 unspecified atom stereocenters. The van der Waals surface area contributed by atoms with Gasteiger partial charge in [-0.05, 0) is 56.3 Å². The Morgan fingerprint density at radius 3 is 2.56 bits per heavy atom. The summed E-state index contributed by atoms with van der Waals surface area (Å²) in [5.74, 6) is 0.598. The first kappa shape index (κ1) is 18.2. The molecule has 2 N–H and O–H groups in total. The fourth-order valence-electron chi connectivity index (χ4n) is 5.01. The van der Waals surface area contributed by atoms with Crippen molar-refractivity contribution in [3.63, 3.8) is 0 Å². The lowest BCUT2D eigenvalue weighted by atomic mass is 9.68. The standard InChI is InChI=1S/C21H28N4O2/c1-24-13-17(16-5-3-2-4-6-16)12-21(15-24)7-9-25(10-8-21)14-18-11-19(26)23-20(27)22-18/h2-6,11,17H,7-10,12-15H2,1H3,(H2,22,23,26,27). The molecule has 0 radical (unpaired) electrons. The van der Waals surface area contributed by atoms with E-state index in [-0.39, 0.29) is 5.56 Å². The second-order valence-electron chi connectivity index (χ2n) is 8.40. The maximum Gasteiger partial charge on any atom is 0.325 e. The molecule has 6 nitrogen and oxygen atoms in total. The molecule has 0 saturated carbocycles. The van der Waals surface area contributed by atoms with Crippen LogP contribution in [0.4, 0.5) is 0 Å². The smallest absolute Gasteiger partial charge is 0.310 e. The molecule has 4 rings (SSSR count). The van der Waals surface area contributed by atoms with Crippen molar-refractivity contribution >= 4 is 0 Å². The van der Waals surface area contributed by atoms with E-state index in [1.54, 1.807) is 0 Å². The van der Waals surface area contributed by atoms with Crippen LogP contribution in [0.25, 0.3) is 0 Å². The summed E-state index contributed by atoms with van der Waals surface area (Å²) in [7, 11) is 2.24. The average Bonchev–Trinajstić information content (AvgIpc) is 2.63. The van der Waals surface area contributed by atoms with Gasteiger partial charge in [-0.15, -0.1) is 0 Å². The Hall–Kier alpha value is -2.18. The molecule has 1 aromatic heterocycles. The molecule has 2 fully saturated rings.